The fraction of sp³-hybridized carbons (Fsp3) is 0.649. The molecule has 2 heterocycles. The van der Waals surface area contributed by atoms with Crippen molar-refractivity contribution in [2.45, 2.75) is 180 Å². The Morgan fingerprint density at radius 1 is 0.814 bits per heavy atom. The normalized spacial score (nSPS) is 32.1. The van der Waals surface area contributed by atoms with Gasteiger partial charge in [-0.15, -0.1) is 0 Å². The first-order valence-electron chi connectivity index (χ1n) is 26.2. The first-order valence-corrected chi connectivity index (χ1v) is 28.2. The molecule has 0 aromatic heterocycles. The summed E-state index contributed by atoms with van der Waals surface area (Å²) in [7, 11) is 3.89. The lowest BCUT2D eigenvalue weighted by molar-refractivity contribution is -0.295. The predicted octanol–water partition coefficient (Wildman–Crippen LogP) is 8.07. The molecule has 1 amide bonds. The third-order valence-corrected chi connectivity index (χ3v) is 19.7. The van der Waals surface area contributed by atoms with Crippen LogP contribution >= 0.6 is 7.26 Å². The molecule has 2 aliphatic heterocycles. The maximum Gasteiger partial charge on any atom is 0.407 e. The molecule has 3 aromatic rings. The van der Waals surface area contributed by atoms with Crippen LogP contribution < -0.4 is 21.2 Å². The second-order valence-electron chi connectivity index (χ2n) is 21.6. The zero-order valence-corrected chi connectivity index (χ0v) is 45.2. The molecule has 4 N–H and O–H groups in total. The van der Waals surface area contributed by atoms with Gasteiger partial charge in [0.2, 0.25) is 0 Å². The molecule has 0 spiro atoms. The van der Waals surface area contributed by atoms with E-state index in [0.29, 0.717) is 32.4 Å². The van der Waals surface area contributed by atoms with Gasteiger partial charge in [0.1, 0.15) is 41.0 Å². The van der Waals surface area contributed by atoms with E-state index in [1.165, 1.54) is 15.9 Å². The van der Waals surface area contributed by atoms with Crippen LogP contribution in [0.15, 0.2) is 91.0 Å². The predicted molar refractivity (Wildman–Crippen MR) is 284 cm³/mol. The quantitative estimate of drug-likeness (QED) is 0.0591. The van der Waals surface area contributed by atoms with Crippen LogP contribution in [0.25, 0.3) is 0 Å². The molecule has 13 atom stereocenters. The molecular weight excluding hydrogens is 902 g/mol. The van der Waals surface area contributed by atoms with E-state index in [9.17, 15) is 24.9 Å². The summed E-state index contributed by atoms with van der Waals surface area (Å²) in [5.41, 5.74) is -3.14. The van der Waals surface area contributed by atoms with E-state index in [2.05, 4.69) is 96.3 Å². The van der Waals surface area contributed by atoms with Gasteiger partial charge < -0.3 is 44.5 Å². The molecule has 2 aliphatic rings. The summed E-state index contributed by atoms with van der Waals surface area (Å²) in [5, 5.41) is 43.3. The average molecular weight is 991 g/mol. The third kappa shape index (κ3) is 14.8. The molecule has 70 heavy (non-hydrogen) atoms. The number of hydrogen-bond acceptors (Lipinski definition) is 11. The third-order valence-electron chi connectivity index (χ3n) is 15.2. The second-order valence-corrected chi connectivity index (χ2v) is 25.2. The molecule has 0 bridgehead atoms. The first kappa shape index (κ1) is 57.5. The van der Waals surface area contributed by atoms with E-state index in [0.717, 1.165) is 44.7 Å². The lowest BCUT2D eigenvalue weighted by Gasteiger charge is -2.46. The van der Waals surface area contributed by atoms with Crippen molar-refractivity contribution in [3.05, 3.63) is 91.0 Å². The van der Waals surface area contributed by atoms with Gasteiger partial charge in [-0.3, -0.25) is 9.69 Å². The second kappa shape index (κ2) is 26.5. The highest BCUT2D eigenvalue weighted by Crippen LogP contribution is 2.56. The number of aliphatic hydroxyl groups is 3. The average Bonchev–Trinajstić information content (AvgIpc) is 3.32. The topological polar surface area (TPSA) is 150 Å². The molecule has 2 fully saturated rings. The van der Waals surface area contributed by atoms with Crippen LogP contribution in [0, 0.1) is 17.8 Å². The summed E-state index contributed by atoms with van der Waals surface area (Å²) in [6.45, 7) is 15.7. The molecule has 0 radical (unpaired) electrons. The van der Waals surface area contributed by atoms with Gasteiger partial charge in [0.25, 0.3) is 0 Å². The van der Waals surface area contributed by atoms with Gasteiger partial charge >= 0.3 is 12.1 Å². The molecule has 2 saturated heterocycles. The number of rotatable bonds is 17. The van der Waals surface area contributed by atoms with Gasteiger partial charge in [0.15, 0.2) is 12.4 Å². The van der Waals surface area contributed by atoms with Gasteiger partial charge in [-0.25, -0.2) is 4.79 Å². The van der Waals surface area contributed by atoms with Gasteiger partial charge in [-0.05, 0) is 142 Å². The fourth-order valence-corrected chi connectivity index (χ4v) is 15.8. The molecular formula is C57H89N3O9P+. The Bertz CT molecular complexity index is 1910. The Labute approximate surface area is 421 Å². The number of ether oxygens (including phenoxy) is 4. The van der Waals surface area contributed by atoms with Crippen molar-refractivity contribution in [3.63, 3.8) is 0 Å². The van der Waals surface area contributed by atoms with Crippen molar-refractivity contribution in [3.8, 4) is 0 Å². The number of alkyl carbamates (subject to hydrolysis) is 1. The van der Waals surface area contributed by atoms with E-state index in [4.69, 9.17) is 18.9 Å². The van der Waals surface area contributed by atoms with Crippen molar-refractivity contribution in [2.24, 2.45) is 17.8 Å². The number of esters is 1. The van der Waals surface area contributed by atoms with Crippen LogP contribution in [0.5, 0.6) is 0 Å². The number of carbonyl (C=O) groups is 2. The molecule has 5 rings (SSSR count). The number of nitrogens with one attached hydrogen (secondary N) is 1. The SMILES string of the molecule is CC[C@H]1OC(=O)[C@H](C)C[C@H](C)[C@@H](O[C@@H]2O[C@H](C)C[C@H](N(C)C)[C@H]2O)[C@](C)(O)C[C@@H](C)CN(C)[C@H](C)[C@@H](OC(=O)NCCCCCCCC[P+](c2ccccc2)(c2ccccc2)c2ccccc2)[C@]1(C)O. The molecule has 0 aliphatic carbocycles. The molecule has 12 nitrogen and oxygen atoms in total. The van der Waals surface area contributed by atoms with Crippen LogP contribution in [0.4, 0.5) is 4.79 Å². The van der Waals surface area contributed by atoms with Gasteiger partial charge in [-0.2, -0.15) is 0 Å². The minimum atomic E-state index is -1.85. The van der Waals surface area contributed by atoms with Crippen LogP contribution in [-0.4, -0.2) is 138 Å². The lowest BCUT2D eigenvalue weighted by atomic mass is 9.79. The number of carbonyl (C=O) groups excluding carboxylic acids is 2. The van der Waals surface area contributed by atoms with Crippen molar-refractivity contribution in [2.75, 3.05) is 40.4 Å². The number of unbranched alkanes of at least 4 members (excludes halogenated alkanes) is 5. The largest absolute Gasteiger partial charge is 0.459 e. The molecule has 0 saturated carbocycles. The van der Waals surface area contributed by atoms with Gasteiger partial charge in [0.05, 0.1) is 29.9 Å². The highest BCUT2D eigenvalue weighted by atomic mass is 31.2. The van der Waals surface area contributed by atoms with Crippen molar-refractivity contribution >= 4 is 35.2 Å². The summed E-state index contributed by atoms with van der Waals surface area (Å²) in [5.74, 6) is -1.59. The smallest absolute Gasteiger partial charge is 0.407 e. The highest BCUT2D eigenvalue weighted by Gasteiger charge is 2.50. The fourth-order valence-electron chi connectivity index (χ4n) is 11.4. The maximum atomic E-state index is 13.9. The zero-order chi connectivity index (χ0) is 51.2. The van der Waals surface area contributed by atoms with E-state index in [1.807, 2.05) is 65.6 Å². The first-order chi connectivity index (χ1) is 33.2. The summed E-state index contributed by atoms with van der Waals surface area (Å²) in [6, 6.07) is 32.3. The van der Waals surface area contributed by atoms with Crippen molar-refractivity contribution in [1.29, 1.82) is 0 Å². The Morgan fingerprint density at radius 3 is 1.87 bits per heavy atom. The number of amides is 1. The van der Waals surface area contributed by atoms with E-state index in [-0.39, 0.29) is 30.4 Å². The molecule has 3 aromatic carbocycles. The maximum absolute atomic E-state index is 13.9. The van der Waals surface area contributed by atoms with E-state index in [1.54, 1.807) is 20.8 Å². The Balaban J connectivity index is 1.20. The summed E-state index contributed by atoms with van der Waals surface area (Å²) < 4.78 is 25.1. The summed E-state index contributed by atoms with van der Waals surface area (Å²) in [6.07, 6.45) is 3.16. The van der Waals surface area contributed by atoms with Crippen LogP contribution in [-0.2, 0) is 23.7 Å². The van der Waals surface area contributed by atoms with Crippen molar-refractivity contribution < 1.29 is 43.9 Å². The van der Waals surface area contributed by atoms with Gasteiger partial charge in [0, 0.05) is 25.2 Å². The highest BCUT2D eigenvalue weighted by molar-refractivity contribution is 7.95. The lowest BCUT2D eigenvalue weighted by Crippen LogP contribution is -2.61. The van der Waals surface area contributed by atoms with Gasteiger partial charge in [-0.1, -0.05) is 102 Å². The number of hydrogen-bond donors (Lipinski definition) is 4. The molecule has 0 unspecified atom stereocenters. The minimum absolute atomic E-state index is 0.0889. The molecule has 13 heteroatoms. The number of likely N-dealkylation sites (N-methyl/N-ethyl adjacent to an activating group) is 2. The van der Waals surface area contributed by atoms with Crippen LogP contribution in [0.3, 0.4) is 0 Å². The minimum Gasteiger partial charge on any atom is -0.459 e. The number of cyclic esters (lactones) is 1. The summed E-state index contributed by atoms with van der Waals surface area (Å²) in [4.78, 5) is 31.6. The Morgan fingerprint density at radius 2 is 1.34 bits per heavy atom. The molecule has 390 valence electrons. The van der Waals surface area contributed by atoms with E-state index >= 15 is 0 Å². The standard InChI is InChI=1S/C57H88N3O9P/c1-12-49-57(8,65)52(44(6)60(11)39-40(2)38-56(7,64)51(41(3)36-42(4)53(62)67-49)68-54-50(61)48(59(9)10)37-43(5)66-54)69-55(63)58-34-26-15-13-14-16-27-35-70(45-28-20-17-21-29-45,46-30-22-18-23-31-46)47-32-24-19-25-33-47/h17-25,28-33,40-44,48-52,54,61,64-65H,12-16,26-27,34-39H2,1-11H3/p+1/t40-,41+,42-,43-,44-,48+,49-,50-,51-,52-,54+,56-,57-/m1/s1. The Kier molecular flexibility index (Phi) is 21.7. The zero-order valence-electron chi connectivity index (χ0n) is 44.3. The number of nitrogens with zero attached hydrogens (tertiary/aromatic N) is 2. The summed E-state index contributed by atoms with van der Waals surface area (Å²) >= 11 is 0. The number of benzene rings is 3. The monoisotopic (exact) mass is 991 g/mol. The van der Waals surface area contributed by atoms with E-state index < -0.39 is 73.2 Å². The van der Waals surface area contributed by atoms with Crippen LogP contribution in [0.2, 0.25) is 0 Å². The Hall–Kier alpha value is -3.45. The van der Waals surface area contributed by atoms with Crippen molar-refractivity contribution in [1.82, 2.24) is 15.1 Å². The van der Waals surface area contributed by atoms with Crippen LogP contribution in [0.1, 0.15) is 120 Å². The number of aliphatic hydroxyl groups excluding tert-OH is 1.